The third-order valence-corrected chi connectivity index (χ3v) is 8.91. The highest BCUT2D eigenvalue weighted by atomic mass is 32.2. The van der Waals surface area contributed by atoms with Gasteiger partial charge in [-0.1, -0.05) is 45.0 Å². The zero-order chi connectivity index (χ0) is 28.3. The average molecular weight is 589 g/mol. The van der Waals surface area contributed by atoms with E-state index in [0.717, 1.165) is 23.2 Å². The molecular weight excluding hydrogens is 556 g/mol. The molecule has 8 nitrogen and oxygen atoms in total. The molecule has 3 atom stereocenters. The topological polar surface area (TPSA) is 104 Å². The number of urea groups is 1. The minimum Gasteiger partial charge on any atom is -0.378 e. The Morgan fingerprint density at radius 2 is 1.92 bits per heavy atom. The van der Waals surface area contributed by atoms with Crippen molar-refractivity contribution in [2.45, 2.75) is 62.8 Å². The van der Waals surface area contributed by atoms with Crippen molar-refractivity contribution in [1.29, 1.82) is 0 Å². The number of benzene rings is 1. The van der Waals surface area contributed by atoms with Crippen LogP contribution < -0.4 is 21.3 Å². The number of rotatable bonds is 6. The minimum atomic E-state index is -4.54. The highest BCUT2D eigenvalue weighted by Gasteiger charge is 2.35. The van der Waals surface area contributed by atoms with Gasteiger partial charge in [0.1, 0.15) is 12.2 Å². The van der Waals surface area contributed by atoms with Crippen molar-refractivity contribution in [3.05, 3.63) is 24.1 Å². The van der Waals surface area contributed by atoms with Crippen molar-refractivity contribution in [1.82, 2.24) is 26.1 Å². The molecule has 2 aliphatic rings. The quantitative estimate of drug-likeness (QED) is 0.197. The summed E-state index contributed by atoms with van der Waals surface area (Å²) in [6.45, 7) is 10.1. The van der Waals surface area contributed by atoms with Crippen LogP contribution in [-0.4, -0.2) is 53.5 Å². The third-order valence-electron chi connectivity index (χ3n) is 6.69. The predicted molar refractivity (Wildman–Crippen MR) is 146 cm³/mol. The lowest BCUT2D eigenvalue weighted by molar-refractivity contribution is -0.0327. The fourth-order valence-electron chi connectivity index (χ4n) is 3.83. The predicted octanol–water partition coefficient (Wildman–Crippen LogP) is 6.33. The van der Waals surface area contributed by atoms with Crippen LogP contribution in [0.15, 0.2) is 27.6 Å². The number of alkyl halides is 4. The van der Waals surface area contributed by atoms with Gasteiger partial charge in [0.2, 0.25) is 5.82 Å². The molecule has 14 heteroatoms. The van der Waals surface area contributed by atoms with E-state index in [1.54, 1.807) is 18.2 Å². The highest BCUT2D eigenvalue weighted by Crippen LogP contribution is 2.50. The number of piperidine rings is 1. The molecule has 39 heavy (non-hydrogen) atoms. The van der Waals surface area contributed by atoms with Crippen molar-refractivity contribution >= 4 is 44.9 Å². The van der Waals surface area contributed by atoms with Gasteiger partial charge < -0.3 is 25.8 Å². The Labute approximate surface area is 232 Å². The number of nitrogens with zero attached hydrogens (tertiary/aromatic N) is 2. The summed E-state index contributed by atoms with van der Waals surface area (Å²) in [7, 11) is 0. The van der Waals surface area contributed by atoms with Gasteiger partial charge in [-0.15, -0.1) is 11.3 Å². The molecule has 1 aromatic carbocycles. The van der Waals surface area contributed by atoms with Crippen molar-refractivity contribution in [2.75, 3.05) is 25.0 Å². The fraction of sp³-hybridized carbons (Fsp3) is 0.560. The number of thiophene rings is 1. The van der Waals surface area contributed by atoms with Crippen molar-refractivity contribution < 1.29 is 26.9 Å². The second kappa shape index (κ2) is 12.3. The lowest BCUT2D eigenvalue weighted by atomic mass is 10.0. The Balaban J connectivity index is 0.000000531. The molecular formula is C25H32F4N6O2S2. The molecule has 0 bridgehead atoms. The molecule has 0 radical (unpaired) electrons. The number of aromatic nitrogens is 2. The standard InChI is InChI=1S/C19H18F4N6O2S2.C6H14/c20-9-6-24-5-4-10(9)26-11-3-1-2-8-13(11)32-15(14(8)33-19(21,22)23)16-28-17(31-29-16)12-7-25-18(30)27-12;1-5(2)6(3)4/h1-3,9-10,12,24,26H,4-7H2,(H2,25,27,30);5-6H,1-4H3. The lowest BCUT2D eigenvalue weighted by Gasteiger charge is -2.28. The highest BCUT2D eigenvalue weighted by molar-refractivity contribution is 8.00. The SMILES string of the molecule is CC(C)C(C)C.O=C1NCC(c2nc(-c3sc4c(NC5CCNCC5F)cccc4c3SC(F)(F)F)no2)N1. The summed E-state index contributed by atoms with van der Waals surface area (Å²) < 4.78 is 60.4. The first-order valence-corrected chi connectivity index (χ1v) is 14.4. The third kappa shape index (κ3) is 7.34. The molecule has 0 saturated carbocycles. The number of hydrogen-bond donors (Lipinski definition) is 4. The fourth-order valence-corrected chi connectivity index (χ4v) is 5.94. The van der Waals surface area contributed by atoms with E-state index in [2.05, 4.69) is 59.1 Å². The lowest BCUT2D eigenvalue weighted by Crippen LogP contribution is -2.45. The van der Waals surface area contributed by atoms with Gasteiger partial charge in [0.15, 0.2) is 0 Å². The Hall–Kier alpha value is -2.58. The number of anilines is 1. The Kier molecular flexibility index (Phi) is 9.27. The van der Waals surface area contributed by atoms with E-state index in [9.17, 15) is 22.4 Å². The number of nitrogens with one attached hydrogen (secondary N) is 4. The van der Waals surface area contributed by atoms with E-state index < -0.39 is 29.8 Å². The van der Waals surface area contributed by atoms with E-state index in [1.165, 1.54) is 0 Å². The van der Waals surface area contributed by atoms with Crippen LogP contribution in [0.2, 0.25) is 0 Å². The van der Waals surface area contributed by atoms with Gasteiger partial charge in [-0.25, -0.2) is 9.18 Å². The maximum absolute atomic E-state index is 14.3. The first-order chi connectivity index (χ1) is 18.4. The molecule has 0 spiro atoms. The first kappa shape index (κ1) is 29.4. The first-order valence-electron chi connectivity index (χ1n) is 12.7. The van der Waals surface area contributed by atoms with Crippen molar-refractivity contribution in [2.24, 2.45) is 11.8 Å². The van der Waals surface area contributed by atoms with Crippen LogP contribution in [0.25, 0.3) is 20.8 Å². The van der Waals surface area contributed by atoms with Crippen LogP contribution in [0, 0.1) is 11.8 Å². The van der Waals surface area contributed by atoms with Gasteiger partial charge in [0.05, 0.1) is 21.3 Å². The van der Waals surface area contributed by atoms with Crippen LogP contribution in [0.1, 0.15) is 46.0 Å². The molecule has 2 saturated heterocycles. The Morgan fingerprint density at radius 1 is 1.18 bits per heavy atom. The van der Waals surface area contributed by atoms with Gasteiger partial charge in [0, 0.05) is 23.4 Å². The monoisotopic (exact) mass is 588 g/mol. The molecule has 3 unspecified atom stereocenters. The van der Waals surface area contributed by atoms with E-state index in [0.29, 0.717) is 28.7 Å². The molecule has 5 rings (SSSR count). The summed E-state index contributed by atoms with van der Waals surface area (Å²) >= 11 is 0.832. The number of halogens is 4. The van der Waals surface area contributed by atoms with Crippen molar-refractivity contribution in [3.63, 3.8) is 0 Å². The van der Waals surface area contributed by atoms with Gasteiger partial charge in [-0.2, -0.15) is 18.2 Å². The smallest absolute Gasteiger partial charge is 0.378 e. The summed E-state index contributed by atoms with van der Waals surface area (Å²) in [6, 6.07) is 3.54. The van der Waals surface area contributed by atoms with E-state index in [1.807, 2.05) is 0 Å². The second-order valence-electron chi connectivity index (χ2n) is 10.1. The summed E-state index contributed by atoms with van der Waals surface area (Å²) in [5.74, 6) is 1.79. The molecule has 214 valence electrons. The zero-order valence-electron chi connectivity index (χ0n) is 22.0. The maximum Gasteiger partial charge on any atom is 0.446 e. The van der Waals surface area contributed by atoms with Gasteiger partial charge in [-0.05, 0) is 42.6 Å². The van der Waals surface area contributed by atoms with Crippen LogP contribution in [0.5, 0.6) is 0 Å². The molecule has 2 fully saturated rings. The molecule has 0 aliphatic carbocycles. The number of fused-ring (bicyclic) bond motifs is 1. The number of amides is 2. The van der Waals surface area contributed by atoms with Gasteiger partial charge >= 0.3 is 11.5 Å². The molecule has 2 aliphatic heterocycles. The summed E-state index contributed by atoms with van der Waals surface area (Å²) in [5, 5.41) is 15.5. The van der Waals surface area contributed by atoms with Gasteiger partial charge in [0.25, 0.3) is 5.89 Å². The molecule has 3 aromatic rings. The number of carbonyl (C=O) groups excluding carboxylic acids is 1. The molecule has 4 heterocycles. The van der Waals surface area contributed by atoms with Crippen LogP contribution >= 0.6 is 23.1 Å². The average Bonchev–Trinajstić information content (AvgIpc) is 3.59. The van der Waals surface area contributed by atoms with Crippen LogP contribution in [0.4, 0.5) is 28.0 Å². The summed E-state index contributed by atoms with van der Waals surface area (Å²) in [5.41, 5.74) is -3.99. The number of hydrogen-bond acceptors (Lipinski definition) is 8. The summed E-state index contributed by atoms with van der Waals surface area (Å²) in [6.07, 6.45) is -0.567. The van der Waals surface area contributed by atoms with Gasteiger partial charge in [-0.3, -0.25) is 0 Å². The normalized spacial score (nSPS) is 21.6. The zero-order valence-corrected chi connectivity index (χ0v) is 23.6. The number of carbonyl (C=O) groups is 1. The molecule has 2 amide bonds. The molecule has 4 N–H and O–H groups in total. The second-order valence-corrected chi connectivity index (χ2v) is 12.2. The van der Waals surface area contributed by atoms with E-state index in [4.69, 9.17) is 4.52 Å². The van der Waals surface area contributed by atoms with E-state index >= 15 is 0 Å². The van der Waals surface area contributed by atoms with Crippen LogP contribution in [-0.2, 0) is 0 Å². The van der Waals surface area contributed by atoms with E-state index in [-0.39, 0.29) is 46.3 Å². The minimum absolute atomic E-state index is 0.00437. The maximum atomic E-state index is 14.3. The Morgan fingerprint density at radius 3 is 2.54 bits per heavy atom. The summed E-state index contributed by atoms with van der Waals surface area (Å²) in [4.78, 5) is 15.8. The largest absolute Gasteiger partial charge is 0.446 e. The Bertz CT molecular complexity index is 1270. The number of thioether (sulfide) groups is 1. The van der Waals surface area contributed by atoms with Crippen LogP contribution in [0.3, 0.4) is 0 Å². The van der Waals surface area contributed by atoms with Crippen molar-refractivity contribution in [3.8, 4) is 10.7 Å². The molecule has 2 aromatic heterocycles.